The summed E-state index contributed by atoms with van der Waals surface area (Å²) in [6, 6.07) is 17.9. The van der Waals surface area contributed by atoms with E-state index in [4.69, 9.17) is 4.98 Å². The van der Waals surface area contributed by atoms with Gasteiger partial charge in [0.15, 0.2) is 0 Å². The zero-order chi connectivity index (χ0) is 22.1. The molecule has 32 heavy (non-hydrogen) atoms. The van der Waals surface area contributed by atoms with Gasteiger partial charge < -0.3 is 9.88 Å². The average Bonchev–Trinajstić information content (AvgIpc) is 3.49. The minimum Gasteiger partial charge on any atom is -0.342 e. The predicted molar refractivity (Wildman–Crippen MR) is 126 cm³/mol. The van der Waals surface area contributed by atoms with E-state index < -0.39 is 10.0 Å². The third-order valence-corrected chi connectivity index (χ3v) is 8.43. The van der Waals surface area contributed by atoms with Crippen molar-refractivity contribution in [2.45, 2.75) is 23.0 Å². The van der Waals surface area contributed by atoms with Gasteiger partial charge in [0, 0.05) is 19.0 Å². The molecular formula is C23H22N4O3S2. The number of rotatable bonds is 5. The lowest BCUT2D eigenvalue weighted by atomic mass is 9.96. The monoisotopic (exact) mass is 466 g/mol. The van der Waals surface area contributed by atoms with Gasteiger partial charge in [0.2, 0.25) is 0 Å². The number of sulfonamides is 1. The highest BCUT2D eigenvalue weighted by Crippen LogP contribution is 2.29. The van der Waals surface area contributed by atoms with E-state index in [-0.39, 0.29) is 21.7 Å². The number of aromatic amines is 1. The second-order valence-corrected chi connectivity index (χ2v) is 10.7. The number of thiophene rings is 1. The van der Waals surface area contributed by atoms with Crippen LogP contribution < -0.4 is 4.72 Å². The first-order valence-electron chi connectivity index (χ1n) is 10.4. The van der Waals surface area contributed by atoms with Crippen molar-refractivity contribution in [3.63, 3.8) is 0 Å². The second kappa shape index (κ2) is 8.40. The molecule has 2 aromatic carbocycles. The fraction of sp³-hybridized carbons (Fsp3) is 0.217. The molecule has 9 heteroatoms. The Morgan fingerprint density at radius 1 is 1.09 bits per heavy atom. The van der Waals surface area contributed by atoms with Crippen LogP contribution in [0, 0.1) is 0 Å². The van der Waals surface area contributed by atoms with E-state index in [0.717, 1.165) is 41.0 Å². The van der Waals surface area contributed by atoms with Gasteiger partial charge in [-0.3, -0.25) is 9.52 Å². The summed E-state index contributed by atoms with van der Waals surface area (Å²) in [6.45, 7) is 1.16. The van der Waals surface area contributed by atoms with Crippen molar-refractivity contribution in [2.24, 2.45) is 0 Å². The summed E-state index contributed by atoms with van der Waals surface area (Å²) < 4.78 is 28.2. The highest BCUT2D eigenvalue weighted by molar-refractivity contribution is 7.94. The van der Waals surface area contributed by atoms with Crippen molar-refractivity contribution in [1.82, 2.24) is 14.9 Å². The Morgan fingerprint density at radius 3 is 2.72 bits per heavy atom. The number of amides is 1. The smallest absolute Gasteiger partial charge is 0.271 e. The minimum atomic E-state index is -3.74. The zero-order valence-electron chi connectivity index (χ0n) is 17.2. The fourth-order valence-electron chi connectivity index (χ4n) is 4.09. The number of likely N-dealkylation sites (tertiary alicyclic amines) is 1. The van der Waals surface area contributed by atoms with Crippen LogP contribution in [0.5, 0.6) is 0 Å². The molecule has 1 aliphatic rings. The van der Waals surface area contributed by atoms with Crippen LogP contribution in [0.2, 0.25) is 0 Å². The molecule has 5 rings (SSSR count). The van der Waals surface area contributed by atoms with Gasteiger partial charge in [0.1, 0.15) is 10.0 Å². The van der Waals surface area contributed by atoms with Crippen molar-refractivity contribution >= 4 is 44.0 Å². The molecule has 1 aliphatic heterocycles. The molecule has 0 radical (unpaired) electrons. The predicted octanol–water partition coefficient (Wildman–Crippen LogP) is 4.45. The van der Waals surface area contributed by atoms with Gasteiger partial charge in [-0.25, -0.2) is 13.4 Å². The lowest BCUT2D eigenvalue weighted by Crippen LogP contribution is -2.39. The number of hydrogen-bond donors (Lipinski definition) is 2. The normalized spacial score (nSPS) is 16.9. The molecule has 1 saturated heterocycles. The van der Waals surface area contributed by atoms with Crippen molar-refractivity contribution < 1.29 is 13.2 Å². The molecule has 1 amide bonds. The maximum Gasteiger partial charge on any atom is 0.271 e. The number of carbonyl (C=O) groups is 1. The van der Waals surface area contributed by atoms with Crippen LogP contribution in [0.1, 0.15) is 34.9 Å². The summed E-state index contributed by atoms with van der Waals surface area (Å²) in [5.74, 6) is 0.806. The third-order valence-electron chi connectivity index (χ3n) is 5.66. The number of hydrogen-bond acceptors (Lipinski definition) is 5. The van der Waals surface area contributed by atoms with Gasteiger partial charge in [-0.05, 0) is 48.6 Å². The molecule has 4 aromatic rings. The Morgan fingerprint density at radius 2 is 1.91 bits per heavy atom. The topological polar surface area (TPSA) is 95.2 Å². The van der Waals surface area contributed by atoms with Crippen LogP contribution in [0.25, 0.3) is 11.0 Å². The number of imidazole rings is 1. The fourth-order valence-corrected chi connectivity index (χ4v) is 6.16. The Bertz CT molecular complexity index is 1330. The van der Waals surface area contributed by atoms with Crippen LogP contribution in [0.3, 0.4) is 0 Å². The molecule has 1 atom stereocenters. The molecule has 3 heterocycles. The molecule has 7 nitrogen and oxygen atoms in total. The molecular weight excluding hydrogens is 444 g/mol. The average molecular weight is 467 g/mol. The van der Waals surface area contributed by atoms with E-state index >= 15 is 0 Å². The lowest BCUT2D eigenvalue weighted by Gasteiger charge is -2.32. The third kappa shape index (κ3) is 4.01. The lowest BCUT2D eigenvalue weighted by molar-refractivity contribution is 0.0706. The van der Waals surface area contributed by atoms with Crippen LogP contribution in [0.15, 0.2) is 70.3 Å². The number of aromatic nitrogens is 2. The van der Waals surface area contributed by atoms with E-state index in [1.54, 1.807) is 46.7 Å². The number of nitrogens with zero attached hydrogens (tertiary/aromatic N) is 2. The van der Waals surface area contributed by atoms with E-state index in [2.05, 4.69) is 9.71 Å². The SMILES string of the molecule is O=C(c1ccccc1NS(=O)(=O)c1cccs1)N1CCCC(c2nc3ccccc3[nH]2)C1. The summed E-state index contributed by atoms with van der Waals surface area (Å²) in [7, 11) is -3.74. The Balaban J connectivity index is 1.38. The summed E-state index contributed by atoms with van der Waals surface area (Å²) in [6.07, 6.45) is 1.80. The first-order chi connectivity index (χ1) is 15.5. The number of nitrogens with one attached hydrogen (secondary N) is 2. The van der Waals surface area contributed by atoms with Gasteiger partial charge in [-0.2, -0.15) is 0 Å². The van der Waals surface area contributed by atoms with E-state index in [9.17, 15) is 13.2 Å². The van der Waals surface area contributed by atoms with Gasteiger partial charge in [0.25, 0.3) is 15.9 Å². The highest BCUT2D eigenvalue weighted by atomic mass is 32.2. The molecule has 0 saturated carbocycles. The number of piperidine rings is 1. The summed E-state index contributed by atoms with van der Waals surface area (Å²) in [5.41, 5.74) is 2.54. The number of carbonyl (C=O) groups excluding carboxylic acids is 1. The Hall–Kier alpha value is -3.17. The first kappa shape index (κ1) is 20.7. The number of benzene rings is 2. The summed E-state index contributed by atoms with van der Waals surface area (Å²) in [5, 5.41) is 1.71. The highest BCUT2D eigenvalue weighted by Gasteiger charge is 2.29. The standard InChI is InChI=1S/C23H22N4O3S2/c28-23(17-8-1-2-9-18(17)26-32(29,30)21-12-6-14-31-21)27-13-5-7-16(15-27)22-24-19-10-3-4-11-20(19)25-22/h1-4,6,8-12,14,16,26H,5,7,13,15H2,(H,24,25). The number of anilines is 1. The van der Waals surface area contributed by atoms with E-state index in [1.165, 1.54) is 0 Å². The van der Waals surface area contributed by atoms with E-state index in [0.29, 0.717) is 18.7 Å². The summed E-state index contributed by atoms with van der Waals surface area (Å²) in [4.78, 5) is 23.3. The van der Waals surface area contributed by atoms with Crippen molar-refractivity contribution in [3.8, 4) is 0 Å². The first-order valence-corrected chi connectivity index (χ1v) is 12.8. The largest absolute Gasteiger partial charge is 0.342 e. The van der Waals surface area contributed by atoms with Crippen LogP contribution in [-0.4, -0.2) is 42.3 Å². The van der Waals surface area contributed by atoms with Crippen LogP contribution >= 0.6 is 11.3 Å². The molecule has 1 unspecified atom stereocenters. The number of para-hydroxylation sites is 3. The molecule has 0 bridgehead atoms. The Labute approximate surface area is 190 Å². The molecule has 1 fully saturated rings. The molecule has 2 aromatic heterocycles. The quantitative estimate of drug-likeness (QED) is 0.454. The maximum atomic E-state index is 13.4. The molecule has 2 N–H and O–H groups in total. The molecule has 164 valence electrons. The van der Waals surface area contributed by atoms with Crippen molar-refractivity contribution in [3.05, 3.63) is 77.4 Å². The van der Waals surface area contributed by atoms with Crippen molar-refractivity contribution in [1.29, 1.82) is 0 Å². The van der Waals surface area contributed by atoms with Crippen LogP contribution in [-0.2, 0) is 10.0 Å². The van der Waals surface area contributed by atoms with Gasteiger partial charge in [-0.15, -0.1) is 11.3 Å². The molecule has 0 aliphatic carbocycles. The van der Waals surface area contributed by atoms with E-state index in [1.807, 2.05) is 24.3 Å². The molecule has 0 spiro atoms. The van der Waals surface area contributed by atoms with Gasteiger partial charge >= 0.3 is 0 Å². The van der Waals surface area contributed by atoms with Crippen LogP contribution in [0.4, 0.5) is 5.69 Å². The maximum absolute atomic E-state index is 13.4. The minimum absolute atomic E-state index is 0.107. The summed E-state index contributed by atoms with van der Waals surface area (Å²) >= 11 is 1.13. The number of fused-ring (bicyclic) bond motifs is 1. The second-order valence-electron chi connectivity index (χ2n) is 7.81. The number of H-pyrrole nitrogens is 1. The zero-order valence-corrected chi connectivity index (χ0v) is 18.8. The van der Waals surface area contributed by atoms with Crippen molar-refractivity contribution in [2.75, 3.05) is 17.8 Å². The Kier molecular flexibility index (Phi) is 5.44. The van der Waals surface area contributed by atoms with Gasteiger partial charge in [0.05, 0.1) is 22.3 Å². The van der Waals surface area contributed by atoms with Gasteiger partial charge in [-0.1, -0.05) is 30.3 Å².